The average molecular weight is 265 g/mol. The zero-order valence-corrected chi connectivity index (χ0v) is 10.9. The van der Waals surface area contributed by atoms with Gasteiger partial charge in [-0.3, -0.25) is 4.79 Å². The van der Waals surface area contributed by atoms with Crippen molar-refractivity contribution in [3.05, 3.63) is 41.7 Å². The molecule has 1 unspecified atom stereocenters. The smallest absolute Gasteiger partial charge is 0.328 e. The number of hydrogen-bond donors (Lipinski definition) is 1. The van der Waals surface area contributed by atoms with E-state index in [1.54, 1.807) is 25.1 Å². The predicted molar refractivity (Wildman–Crippen MR) is 69.7 cm³/mol. The molecule has 19 heavy (non-hydrogen) atoms. The van der Waals surface area contributed by atoms with Gasteiger partial charge in [-0.2, -0.15) is 0 Å². The van der Waals surface area contributed by atoms with Crippen LogP contribution in [0.25, 0.3) is 6.08 Å². The summed E-state index contributed by atoms with van der Waals surface area (Å²) in [5.41, 5.74) is 0.307. The Balaban J connectivity index is 2.56. The molecule has 102 valence electrons. The van der Waals surface area contributed by atoms with Crippen LogP contribution >= 0.6 is 0 Å². The summed E-state index contributed by atoms with van der Waals surface area (Å²) in [4.78, 5) is 22.8. The van der Waals surface area contributed by atoms with Crippen molar-refractivity contribution < 1.29 is 18.7 Å². The van der Waals surface area contributed by atoms with Gasteiger partial charge in [0.2, 0.25) is 5.91 Å². The van der Waals surface area contributed by atoms with Gasteiger partial charge in [0.1, 0.15) is 11.9 Å². The Kier molecular flexibility index (Phi) is 5.73. The molecule has 0 saturated carbocycles. The number of benzene rings is 1. The van der Waals surface area contributed by atoms with Gasteiger partial charge in [-0.15, -0.1) is 0 Å². The molecule has 1 amide bonds. The molecule has 0 aliphatic carbocycles. The van der Waals surface area contributed by atoms with Crippen molar-refractivity contribution in [1.29, 1.82) is 0 Å². The number of halogens is 1. The number of rotatable bonds is 5. The lowest BCUT2D eigenvalue weighted by Crippen LogP contribution is -2.38. The molecule has 0 bridgehead atoms. The summed E-state index contributed by atoms with van der Waals surface area (Å²) in [6.45, 7) is 3.46. The summed E-state index contributed by atoms with van der Waals surface area (Å²) < 4.78 is 18.0. The summed E-state index contributed by atoms with van der Waals surface area (Å²) in [6.07, 6.45) is 2.52. The maximum Gasteiger partial charge on any atom is 0.328 e. The van der Waals surface area contributed by atoms with Gasteiger partial charge in [0.05, 0.1) is 6.61 Å². The minimum atomic E-state index is -0.738. The third-order valence-electron chi connectivity index (χ3n) is 2.32. The molecule has 0 aromatic heterocycles. The van der Waals surface area contributed by atoms with Gasteiger partial charge < -0.3 is 10.1 Å². The average Bonchev–Trinajstić information content (AvgIpc) is 2.38. The fourth-order valence-corrected chi connectivity index (χ4v) is 1.36. The number of esters is 1. The van der Waals surface area contributed by atoms with Crippen molar-refractivity contribution in [3.8, 4) is 0 Å². The Hall–Kier alpha value is -2.17. The monoisotopic (exact) mass is 265 g/mol. The van der Waals surface area contributed by atoms with Crippen LogP contribution in [0.4, 0.5) is 4.39 Å². The molecule has 0 spiro atoms. The number of carbonyl (C=O) groups excluding carboxylic acids is 2. The predicted octanol–water partition coefficient (Wildman–Crippen LogP) is 1.91. The molecule has 5 heteroatoms. The Labute approximate surface area is 111 Å². The highest BCUT2D eigenvalue weighted by molar-refractivity contribution is 5.94. The highest BCUT2D eigenvalue weighted by Crippen LogP contribution is 2.07. The van der Waals surface area contributed by atoms with Gasteiger partial charge in [0.15, 0.2) is 0 Å². The molecule has 0 saturated heterocycles. The molecule has 0 radical (unpaired) electrons. The van der Waals surface area contributed by atoms with Crippen LogP contribution in [0.1, 0.15) is 19.4 Å². The zero-order valence-electron chi connectivity index (χ0n) is 10.9. The third kappa shape index (κ3) is 4.91. The first-order valence-electron chi connectivity index (χ1n) is 5.94. The second-order valence-corrected chi connectivity index (χ2v) is 3.84. The van der Waals surface area contributed by atoms with Crippen molar-refractivity contribution in [2.75, 3.05) is 6.61 Å². The van der Waals surface area contributed by atoms with E-state index in [1.165, 1.54) is 25.1 Å². The minimum absolute atomic E-state index is 0.254. The Morgan fingerprint density at radius 1 is 1.42 bits per heavy atom. The van der Waals surface area contributed by atoms with Gasteiger partial charge in [-0.05, 0) is 26.0 Å². The van der Waals surface area contributed by atoms with Gasteiger partial charge in [0.25, 0.3) is 0 Å². The number of ether oxygens (including phenoxy) is 1. The zero-order chi connectivity index (χ0) is 14.3. The van der Waals surface area contributed by atoms with Gasteiger partial charge in [-0.1, -0.05) is 18.2 Å². The molecule has 0 heterocycles. The van der Waals surface area contributed by atoms with Crippen LogP contribution in [0, 0.1) is 5.82 Å². The highest BCUT2D eigenvalue weighted by atomic mass is 19.1. The van der Waals surface area contributed by atoms with Crippen molar-refractivity contribution >= 4 is 18.0 Å². The molecule has 1 aromatic rings. The Morgan fingerprint density at radius 2 is 2.11 bits per heavy atom. The van der Waals surface area contributed by atoms with Crippen molar-refractivity contribution in [3.63, 3.8) is 0 Å². The molecule has 1 aromatic carbocycles. The van der Waals surface area contributed by atoms with Gasteiger partial charge >= 0.3 is 5.97 Å². The first kappa shape index (κ1) is 14.9. The van der Waals surface area contributed by atoms with E-state index in [0.29, 0.717) is 5.56 Å². The Morgan fingerprint density at radius 3 is 2.74 bits per heavy atom. The second kappa shape index (κ2) is 7.31. The standard InChI is InChI=1S/C14H16FNO3/c1-3-19-14(18)10(2)16-13(17)9-8-11-6-4-5-7-12(11)15/h4-10H,3H2,1-2H3,(H,16,17). The first-order chi connectivity index (χ1) is 9.04. The van der Waals surface area contributed by atoms with Crippen molar-refractivity contribution in [1.82, 2.24) is 5.32 Å². The number of amides is 1. The molecule has 0 aliphatic rings. The van der Waals surface area contributed by atoms with Gasteiger partial charge in [-0.25, -0.2) is 9.18 Å². The van der Waals surface area contributed by atoms with E-state index in [-0.39, 0.29) is 6.61 Å². The normalized spacial score (nSPS) is 12.2. The largest absolute Gasteiger partial charge is 0.464 e. The lowest BCUT2D eigenvalue weighted by Gasteiger charge is -2.10. The lowest BCUT2D eigenvalue weighted by atomic mass is 10.2. The van der Waals surface area contributed by atoms with Crippen LogP contribution in [0.15, 0.2) is 30.3 Å². The topological polar surface area (TPSA) is 55.4 Å². The molecule has 4 nitrogen and oxygen atoms in total. The van der Waals surface area contributed by atoms with Crippen LogP contribution < -0.4 is 5.32 Å². The van der Waals surface area contributed by atoms with E-state index in [9.17, 15) is 14.0 Å². The summed E-state index contributed by atoms with van der Waals surface area (Å²) in [7, 11) is 0. The number of nitrogens with one attached hydrogen (secondary N) is 1. The fraction of sp³-hybridized carbons (Fsp3) is 0.286. The summed E-state index contributed by atoms with van der Waals surface area (Å²) >= 11 is 0. The first-order valence-corrected chi connectivity index (χ1v) is 5.94. The minimum Gasteiger partial charge on any atom is -0.464 e. The molecule has 0 fully saturated rings. The third-order valence-corrected chi connectivity index (χ3v) is 2.32. The van der Waals surface area contributed by atoms with Crippen LogP contribution in [0.5, 0.6) is 0 Å². The van der Waals surface area contributed by atoms with Crippen molar-refractivity contribution in [2.24, 2.45) is 0 Å². The summed E-state index contributed by atoms with van der Waals surface area (Å²) in [6, 6.07) is 5.35. The van der Waals surface area contributed by atoms with E-state index in [4.69, 9.17) is 4.74 Å². The fourth-order valence-electron chi connectivity index (χ4n) is 1.36. The Bertz CT molecular complexity index is 485. The highest BCUT2D eigenvalue weighted by Gasteiger charge is 2.14. The number of carbonyl (C=O) groups is 2. The van der Waals surface area contributed by atoms with E-state index < -0.39 is 23.7 Å². The van der Waals surface area contributed by atoms with Crippen LogP contribution in [-0.4, -0.2) is 24.5 Å². The van der Waals surface area contributed by atoms with Crippen LogP contribution in [0.2, 0.25) is 0 Å². The van der Waals surface area contributed by atoms with Gasteiger partial charge in [0, 0.05) is 11.6 Å². The van der Waals surface area contributed by atoms with Crippen LogP contribution in [0.3, 0.4) is 0 Å². The lowest BCUT2D eigenvalue weighted by molar-refractivity contribution is -0.146. The molecule has 0 aliphatic heterocycles. The SMILES string of the molecule is CCOC(=O)C(C)NC(=O)C=Cc1ccccc1F. The molecule has 1 atom stereocenters. The number of hydrogen-bond acceptors (Lipinski definition) is 3. The molecular weight excluding hydrogens is 249 g/mol. The molecular formula is C14H16FNO3. The quantitative estimate of drug-likeness (QED) is 0.653. The van der Waals surface area contributed by atoms with E-state index >= 15 is 0 Å². The van der Waals surface area contributed by atoms with E-state index in [0.717, 1.165) is 0 Å². The molecule has 1 N–H and O–H groups in total. The maximum atomic E-state index is 13.3. The van der Waals surface area contributed by atoms with Crippen molar-refractivity contribution in [2.45, 2.75) is 19.9 Å². The van der Waals surface area contributed by atoms with Crippen LogP contribution in [-0.2, 0) is 14.3 Å². The second-order valence-electron chi connectivity index (χ2n) is 3.84. The summed E-state index contributed by atoms with van der Waals surface area (Å²) in [5, 5.41) is 2.43. The summed E-state index contributed by atoms with van der Waals surface area (Å²) in [5.74, 6) is -1.40. The molecule has 1 rings (SSSR count). The van der Waals surface area contributed by atoms with E-state index in [1.807, 2.05) is 0 Å². The van der Waals surface area contributed by atoms with E-state index in [2.05, 4.69) is 5.32 Å². The maximum absolute atomic E-state index is 13.3.